The van der Waals surface area contributed by atoms with Crippen LogP contribution in [-0.2, 0) is 0 Å². The molecule has 0 bridgehead atoms. The minimum atomic E-state index is -1.01. The number of pyridine rings is 1. The number of hydrogen-bond donors (Lipinski definition) is 1. The van der Waals surface area contributed by atoms with E-state index >= 15 is 0 Å². The molecule has 0 saturated carbocycles. The fourth-order valence-electron chi connectivity index (χ4n) is 4.43. The summed E-state index contributed by atoms with van der Waals surface area (Å²) in [6.45, 7) is 5.91. The maximum absolute atomic E-state index is 11.6. The summed E-state index contributed by atoms with van der Waals surface area (Å²) in [4.78, 5) is 16.4. The monoisotopic (exact) mass is 471 g/mol. The Morgan fingerprint density at radius 3 is 2.53 bits per heavy atom. The minimum absolute atomic E-state index is 0.000556. The summed E-state index contributed by atoms with van der Waals surface area (Å²) in [5, 5.41) is 14.1. The van der Waals surface area contributed by atoms with Gasteiger partial charge in [0.05, 0.1) is 28.3 Å². The second-order valence-corrected chi connectivity index (χ2v) is 8.73. The van der Waals surface area contributed by atoms with Crippen LogP contribution in [0, 0.1) is 13.8 Å². The number of halogens is 1. The summed E-state index contributed by atoms with van der Waals surface area (Å²) in [6, 6.07) is 17.0. The lowest BCUT2D eigenvalue weighted by atomic mass is 10.0. The average molecular weight is 472 g/mol. The molecule has 170 valence electrons. The SMILES string of the molecule is Cc1noc(C)c1-c1cnc2c(-c3cc(C(=O)O)ccc3Cl)cn(C(C)c3ccccc3)c2c1. The third-order valence-corrected chi connectivity index (χ3v) is 6.52. The normalized spacial score (nSPS) is 12.2. The van der Waals surface area contributed by atoms with Crippen LogP contribution in [0.15, 0.2) is 71.5 Å². The number of carboxylic acids is 1. The van der Waals surface area contributed by atoms with Crippen LogP contribution in [0.3, 0.4) is 0 Å². The summed E-state index contributed by atoms with van der Waals surface area (Å²) in [5.41, 5.74) is 6.97. The highest BCUT2D eigenvalue weighted by Crippen LogP contribution is 2.39. The van der Waals surface area contributed by atoms with Gasteiger partial charge in [-0.3, -0.25) is 4.98 Å². The van der Waals surface area contributed by atoms with Crippen LogP contribution in [-0.4, -0.2) is 25.8 Å². The van der Waals surface area contributed by atoms with Crippen LogP contribution in [0.25, 0.3) is 33.3 Å². The molecular weight excluding hydrogens is 450 g/mol. The minimum Gasteiger partial charge on any atom is -0.478 e. The van der Waals surface area contributed by atoms with E-state index in [4.69, 9.17) is 21.1 Å². The van der Waals surface area contributed by atoms with Crippen molar-refractivity contribution in [3.63, 3.8) is 0 Å². The fraction of sp³-hybridized carbons (Fsp3) is 0.148. The molecule has 0 fully saturated rings. The van der Waals surface area contributed by atoms with Crippen molar-refractivity contribution < 1.29 is 14.4 Å². The van der Waals surface area contributed by atoms with Crippen molar-refractivity contribution in [3.8, 4) is 22.3 Å². The number of fused-ring (bicyclic) bond motifs is 1. The molecule has 5 rings (SSSR count). The van der Waals surface area contributed by atoms with Crippen molar-refractivity contribution in [2.45, 2.75) is 26.8 Å². The van der Waals surface area contributed by atoms with Gasteiger partial charge in [-0.2, -0.15) is 0 Å². The van der Waals surface area contributed by atoms with Gasteiger partial charge in [0.2, 0.25) is 0 Å². The lowest BCUT2D eigenvalue weighted by molar-refractivity contribution is 0.0697. The molecule has 0 saturated heterocycles. The number of aryl methyl sites for hydroxylation is 2. The Balaban J connectivity index is 1.78. The number of rotatable bonds is 5. The fourth-order valence-corrected chi connectivity index (χ4v) is 4.65. The Hall–Kier alpha value is -3.90. The van der Waals surface area contributed by atoms with Crippen LogP contribution < -0.4 is 0 Å². The molecule has 0 aliphatic rings. The highest BCUT2D eigenvalue weighted by atomic mass is 35.5. The Morgan fingerprint density at radius 1 is 1.09 bits per heavy atom. The zero-order valence-electron chi connectivity index (χ0n) is 18.9. The maximum atomic E-state index is 11.6. The van der Waals surface area contributed by atoms with E-state index in [1.807, 2.05) is 38.2 Å². The molecule has 34 heavy (non-hydrogen) atoms. The molecule has 0 aliphatic heterocycles. The van der Waals surface area contributed by atoms with Crippen molar-refractivity contribution in [1.29, 1.82) is 0 Å². The predicted molar refractivity (Wildman–Crippen MR) is 132 cm³/mol. The smallest absolute Gasteiger partial charge is 0.335 e. The number of carboxylic acid groups (broad SMARTS) is 1. The standard InChI is InChI=1S/C27H22ClN3O3/c1-15-25(17(3)34-30-15)20-12-24-26(29-13-20)22(21-11-19(27(32)33)9-10-23(21)28)14-31(24)16(2)18-7-5-4-6-8-18/h4-14,16H,1-3H3,(H,32,33). The first kappa shape index (κ1) is 21.9. The highest BCUT2D eigenvalue weighted by molar-refractivity contribution is 6.34. The average Bonchev–Trinajstić information content (AvgIpc) is 3.38. The topological polar surface area (TPSA) is 81.2 Å². The van der Waals surface area contributed by atoms with E-state index in [0.29, 0.717) is 10.6 Å². The van der Waals surface area contributed by atoms with Gasteiger partial charge in [0.25, 0.3) is 0 Å². The first-order valence-corrected chi connectivity index (χ1v) is 11.2. The molecule has 0 amide bonds. The number of aromatic carboxylic acids is 1. The zero-order chi connectivity index (χ0) is 24.0. The van der Waals surface area contributed by atoms with E-state index < -0.39 is 5.97 Å². The number of benzene rings is 2. The van der Waals surface area contributed by atoms with Gasteiger partial charge in [0.15, 0.2) is 0 Å². The van der Waals surface area contributed by atoms with Crippen molar-refractivity contribution in [2.75, 3.05) is 0 Å². The molecule has 1 N–H and O–H groups in total. The van der Waals surface area contributed by atoms with E-state index in [0.717, 1.165) is 44.7 Å². The number of nitrogens with zero attached hydrogens (tertiary/aromatic N) is 3. The molecule has 0 radical (unpaired) electrons. The quantitative estimate of drug-likeness (QED) is 0.300. The van der Waals surface area contributed by atoms with Crippen molar-refractivity contribution >= 4 is 28.6 Å². The lowest BCUT2D eigenvalue weighted by Gasteiger charge is -2.16. The predicted octanol–water partition coefficient (Wildman–Crippen LogP) is 6.94. The summed E-state index contributed by atoms with van der Waals surface area (Å²) in [6.07, 6.45) is 3.80. The van der Waals surface area contributed by atoms with Crippen LogP contribution in [0.4, 0.5) is 0 Å². The van der Waals surface area contributed by atoms with E-state index in [1.165, 1.54) is 6.07 Å². The first-order valence-electron chi connectivity index (χ1n) is 10.9. The van der Waals surface area contributed by atoms with Gasteiger partial charge in [-0.1, -0.05) is 47.1 Å². The maximum Gasteiger partial charge on any atom is 0.335 e. The van der Waals surface area contributed by atoms with Crippen molar-refractivity contribution in [2.24, 2.45) is 0 Å². The van der Waals surface area contributed by atoms with Gasteiger partial charge in [-0.25, -0.2) is 4.79 Å². The van der Waals surface area contributed by atoms with Gasteiger partial charge < -0.3 is 14.2 Å². The molecule has 3 aromatic heterocycles. The summed E-state index contributed by atoms with van der Waals surface area (Å²) in [5.74, 6) is -0.279. The summed E-state index contributed by atoms with van der Waals surface area (Å²) >= 11 is 6.55. The third-order valence-electron chi connectivity index (χ3n) is 6.19. The lowest BCUT2D eigenvalue weighted by Crippen LogP contribution is -2.05. The van der Waals surface area contributed by atoms with Crippen molar-refractivity contribution in [1.82, 2.24) is 14.7 Å². The summed E-state index contributed by atoms with van der Waals surface area (Å²) in [7, 11) is 0. The summed E-state index contributed by atoms with van der Waals surface area (Å²) < 4.78 is 7.53. The van der Waals surface area contributed by atoms with E-state index in [1.54, 1.807) is 18.3 Å². The second-order valence-electron chi connectivity index (χ2n) is 8.33. The van der Waals surface area contributed by atoms with E-state index in [2.05, 4.69) is 34.8 Å². The van der Waals surface area contributed by atoms with Crippen LogP contribution in [0.2, 0.25) is 5.02 Å². The van der Waals surface area contributed by atoms with Gasteiger partial charge in [0, 0.05) is 39.7 Å². The molecule has 2 aromatic carbocycles. The number of carbonyl (C=O) groups is 1. The van der Waals surface area contributed by atoms with E-state index in [-0.39, 0.29) is 11.6 Å². The number of aromatic nitrogens is 3. The molecule has 0 spiro atoms. The molecule has 5 aromatic rings. The molecule has 1 atom stereocenters. The van der Waals surface area contributed by atoms with Crippen LogP contribution in [0.1, 0.15) is 40.3 Å². The Labute approximate surface area is 201 Å². The molecule has 0 aliphatic carbocycles. The van der Waals surface area contributed by atoms with E-state index in [9.17, 15) is 9.90 Å². The molecular formula is C27H22ClN3O3. The van der Waals surface area contributed by atoms with Crippen molar-refractivity contribution in [3.05, 3.63) is 94.6 Å². The Kier molecular flexibility index (Phi) is 5.46. The van der Waals surface area contributed by atoms with Crippen LogP contribution in [0.5, 0.6) is 0 Å². The zero-order valence-corrected chi connectivity index (χ0v) is 19.7. The Bertz CT molecular complexity index is 1520. The van der Waals surface area contributed by atoms with Gasteiger partial charge in [-0.15, -0.1) is 0 Å². The van der Waals surface area contributed by atoms with Gasteiger partial charge in [-0.05, 0) is 50.6 Å². The third kappa shape index (κ3) is 3.66. The number of hydrogen-bond acceptors (Lipinski definition) is 4. The highest BCUT2D eigenvalue weighted by Gasteiger charge is 2.21. The van der Waals surface area contributed by atoms with Crippen LogP contribution >= 0.6 is 11.6 Å². The second kappa shape index (κ2) is 8.47. The van der Waals surface area contributed by atoms with Gasteiger partial charge >= 0.3 is 5.97 Å². The van der Waals surface area contributed by atoms with Gasteiger partial charge in [0.1, 0.15) is 5.76 Å². The molecule has 6 nitrogen and oxygen atoms in total. The first-order chi connectivity index (χ1) is 16.3. The Morgan fingerprint density at radius 2 is 1.85 bits per heavy atom. The largest absolute Gasteiger partial charge is 0.478 e. The molecule has 3 heterocycles. The molecule has 1 unspecified atom stereocenters. The molecule has 7 heteroatoms.